The van der Waals surface area contributed by atoms with E-state index in [0.29, 0.717) is 40.3 Å². The van der Waals surface area contributed by atoms with E-state index >= 15 is 0 Å². The van der Waals surface area contributed by atoms with Crippen molar-refractivity contribution in [3.8, 4) is 11.5 Å². The molecule has 0 atom stereocenters. The summed E-state index contributed by atoms with van der Waals surface area (Å²) in [4.78, 5) is 12.9. The summed E-state index contributed by atoms with van der Waals surface area (Å²) in [5.41, 5.74) is 4.31. The Balaban J connectivity index is 1.44. The number of amides is 1. The molecule has 0 aliphatic carbocycles. The molecule has 41 heavy (non-hydrogen) atoms. The molecule has 4 aromatic carbocycles. The van der Waals surface area contributed by atoms with Crippen LogP contribution < -0.4 is 19.2 Å². The summed E-state index contributed by atoms with van der Waals surface area (Å²) in [6.45, 7) is 1.95. The van der Waals surface area contributed by atoms with Gasteiger partial charge in [0.2, 0.25) is 0 Å². The first-order valence-corrected chi connectivity index (χ1v) is 14.7. The van der Waals surface area contributed by atoms with Gasteiger partial charge in [0.05, 0.1) is 23.4 Å². The molecule has 4 rings (SSSR count). The van der Waals surface area contributed by atoms with Gasteiger partial charge in [0.1, 0.15) is 24.7 Å². The van der Waals surface area contributed by atoms with Crippen molar-refractivity contribution in [1.82, 2.24) is 5.43 Å². The van der Waals surface area contributed by atoms with Crippen molar-refractivity contribution in [1.29, 1.82) is 0 Å². The molecule has 0 aliphatic heterocycles. The molecular formula is C30H27Cl2N3O5S. The van der Waals surface area contributed by atoms with Crippen molar-refractivity contribution in [2.24, 2.45) is 5.10 Å². The monoisotopic (exact) mass is 611 g/mol. The van der Waals surface area contributed by atoms with Gasteiger partial charge in [0.15, 0.2) is 0 Å². The normalized spacial score (nSPS) is 11.3. The van der Waals surface area contributed by atoms with Crippen LogP contribution in [-0.2, 0) is 21.4 Å². The number of ether oxygens (including phenoxy) is 2. The lowest BCUT2D eigenvalue weighted by molar-refractivity contribution is -0.119. The highest BCUT2D eigenvalue weighted by atomic mass is 35.5. The van der Waals surface area contributed by atoms with Gasteiger partial charge >= 0.3 is 0 Å². The maximum absolute atomic E-state index is 13.6. The molecule has 0 bridgehead atoms. The number of nitrogens with zero attached hydrogens (tertiary/aromatic N) is 2. The minimum absolute atomic E-state index is 0.0251. The zero-order chi connectivity index (χ0) is 29.2. The fourth-order valence-electron chi connectivity index (χ4n) is 3.72. The van der Waals surface area contributed by atoms with E-state index in [4.69, 9.17) is 32.7 Å². The number of nitrogens with one attached hydrogen (secondary N) is 1. The average molecular weight is 613 g/mol. The van der Waals surface area contributed by atoms with Crippen LogP contribution in [0.5, 0.6) is 11.5 Å². The number of halogens is 2. The van der Waals surface area contributed by atoms with Crippen molar-refractivity contribution in [2.75, 3.05) is 17.5 Å². The van der Waals surface area contributed by atoms with Crippen LogP contribution >= 0.6 is 23.2 Å². The first-order valence-electron chi connectivity index (χ1n) is 12.6. The Hall–Kier alpha value is -4.05. The second-order valence-corrected chi connectivity index (χ2v) is 11.4. The summed E-state index contributed by atoms with van der Waals surface area (Å²) < 4.78 is 39.6. The van der Waals surface area contributed by atoms with Gasteiger partial charge in [-0.3, -0.25) is 9.10 Å². The van der Waals surface area contributed by atoms with Crippen LogP contribution in [0.15, 0.2) is 107 Å². The number of hydrogen-bond acceptors (Lipinski definition) is 6. The second kappa shape index (κ2) is 14.0. The molecule has 8 nitrogen and oxygen atoms in total. The lowest BCUT2D eigenvalue weighted by Crippen LogP contribution is -2.39. The molecule has 0 aliphatic rings. The van der Waals surface area contributed by atoms with E-state index < -0.39 is 22.5 Å². The maximum Gasteiger partial charge on any atom is 0.264 e. The molecule has 11 heteroatoms. The summed E-state index contributed by atoms with van der Waals surface area (Å²) in [5.74, 6) is 0.340. The van der Waals surface area contributed by atoms with Crippen LogP contribution in [0.2, 0.25) is 10.0 Å². The highest BCUT2D eigenvalue weighted by Gasteiger charge is 2.29. The van der Waals surface area contributed by atoms with Crippen molar-refractivity contribution >= 4 is 51.0 Å². The molecular weight excluding hydrogens is 585 g/mol. The molecule has 0 radical (unpaired) electrons. The van der Waals surface area contributed by atoms with Crippen LogP contribution in [0.25, 0.3) is 0 Å². The Morgan fingerprint density at radius 3 is 2.17 bits per heavy atom. The van der Waals surface area contributed by atoms with Gasteiger partial charge in [-0.2, -0.15) is 5.10 Å². The molecule has 0 saturated carbocycles. The summed E-state index contributed by atoms with van der Waals surface area (Å²) in [6, 6.07) is 26.8. The van der Waals surface area contributed by atoms with Crippen LogP contribution in [0.4, 0.5) is 5.69 Å². The Kier molecular flexibility index (Phi) is 10.2. The minimum atomic E-state index is -4.15. The predicted octanol–water partition coefficient (Wildman–Crippen LogP) is 6.32. The predicted molar refractivity (Wildman–Crippen MR) is 162 cm³/mol. The quantitative estimate of drug-likeness (QED) is 0.149. The summed E-state index contributed by atoms with van der Waals surface area (Å²) in [5, 5.41) is 5.05. The molecule has 0 spiro atoms. The zero-order valence-electron chi connectivity index (χ0n) is 22.0. The summed E-state index contributed by atoms with van der Waals surface area (Å²) in [6.07, 6.45) is 1.45. The number of carbonyl (C=O) groups is 1. The number of hydrogen-bond donors (Lipinski definition) is 1. The third-order valence-corrected chi connectivity index (χ3v) is 8.00. The Morgan fingerprint density at radius 1 is 0.878 bits per heavy atom. The van der Waals surface area contributed by atoms with E-state index in [1.807, 2.05) is 12.1 Å². The van der Waals surface area contributed by atoms with Crippen LogP contribution in [0.3, 0.4) is 0 Å². The van der Waals surface area contributed by atoms with E-state index in [-0.39, 0.29) is 10.6 Å². The van der Waals surface area contributed by atoms with Gasteiger partial charge in [-0.05, 0) is 90.8 Å². The van der Waals surface area contributed by atoms with Crippen molar-refractivity contribution in [2.45, 2.75) is 18.4 Å². The molecule has 0 unspecified atom stereocenters. The molecule has 0 heterocycles. The van der Waals surface area contributed by atoms with Gasteiger partial charge in [-0.1, -0.05) is 47.5 Å². The summed E-state index contributed by atoms with van der Waals surface area (Å²) in [7, 11) is -4.15. The van der Waals surface area contributed by atoms with Crippen LogP contribution in [-0.4, -0.2) is 33.7 Å². The van der Waals surface area contributed by atoms with E-state index in [1.165, 1.54) is 30.5 Å². The average Bonchev–Trinajstić information content (AvgIpc) is 2.97. The lowest BCUT2D eigenvalue weighted by Gasteiger charge is -2.25. The number of benzene rings is 4. The van der Waals surface area contributed by atoms with Crippen LogP contribution in [0, 0.1) is 0 Å². The fraction of sp³-hybridized carbons (Fsp3) is 0.133. The smallest absolute Gasteiger partial charge is 0.264 e. The Labute approximate surface area is 249 Å². The van der Waals surface area contributed by atoms with Crippen molar-refractivity contribution < 1.29 is 22.7 Å². The van der Waals surface area contributed by atoms with Gasteiger partial charge in [0.25, 0.3) is 15.9 Å². The Bertz CT molecular complexity index is 1590. The third-order valence-electron chi connectivity index (χ3n) is 5.72. The SMILES string of the molecule is CCOc1ccccc1N(CC(=O)N/N=C\c1ccc(OCc2ccc(Cl)cc2)cc1)S(=O)(=O)c1ccc(Cl)cc1. The van der Waals surface area contributed by atoms with Gasteiger partial charge < -0.3 is 9.47 Å². The minimum Gasteiger partial charge on any atom is -0.492 e. The molecule has 0 fully saturated rings. The zero-order valence-corrected chi connectivity index (χ0v) is 24.4. The van der Waals surface area contributed by atoms with Crippen molar-refractivity contribution in [3.05, 3.63) is 118 Å². The van der Waals surface area contributed by atoms with E-state index in [9.17, 15) is 13.2 Å². The van der Waals surface area contributed by atoms with E-state index in [1.54, 1.807) is 67.6 Å². The molecule has 1 amide bonds. The van der Waals surface area contributed by atoms with Crippen LogP contribution in [0.1, 0.15) is 18.1 Å². The number of anilines is 1. The molecule has 4 aromatic rings. The Morgan fingerprint density at radius 2 is 1.51 bits per heavy atom. The summed E-state index contributed by atoms with van der Waals surface area (Å²) >= 11 is 11.9. The number of hydrazone groups is 1. The largest absolute Gasteiger partial charge is 0.492 e. The van der Waals surface area contributed by atoms with E-state index in [0.717, 1.165) is 9.87 Å². The molecule has 212 valence electrons. The lowest BCUT2D eigenvalue weighted by atomic mass is 10.2. The number of carbonyl (C=O) groups excluding carboxylic acids is 1. The topological polar surface area (TPSA) is 97.3 Å². The third kappa shape index (κ3) is 8.23. The van der Waals surface area contributed by atoms with Crippen molar-refractivity contribution in [3.63, 3.8) is 0 Å². The molecule has 0 aromatic heterocycles. The number of para-hydroxylation sites is 2. The van der Waals surface area contributed by atoms with Gasteiger partial charge in [0, 0.05) is 10.0 Å². The highest BCUT2D eigenvalue weighted by Crippen LogP contribution is 2.32. The standard InChI is InChI=1S/C30H27Cl2N3O5S/c1-2-39-29-6-4-3-5-28(29)35(41(37,38)27-17-13-25(32)14-18-27)20-30(36)34-33-19-22-9-15-26(16-10-22)40-21-23-7-11-24(31)12-8-23/h3-19H,2,20-21H2,1H3,(H,34,36)/b33-19-. The number of sulfonamides is 1. The highest BCUT2D eigenvalue weighted by molar-refractivity contribution is 7.92. The van der Waals surface area contributed by atoms with E-state index in [2.05, 4.69) is 10.5 Å². The number of rotatable bonds is 12. The first-order chi connectivity index (χ1) is 19.8. The second-order valence-electron chi connectivity index (χ2n) is 8.64. The first kappa shape index (κ1) is 29.9. The molecule has 0 saturated heterocycles. The van der Waals surface area contributed by atoms with Gasteiger partial charge in [-0.25, -0.2) is 13.8 Å². The fourth-order valence-corrected chi connectivity index (χ4v) is 5.40. The van der Waals surface area contributed by atoms with Gasteiger partial charge in [-0.15, -0.1) is 0 Å². The molecule has 1 N–H and O–H groups in total. The maximum atomic E-state index is 13.6.